The lowest BCUT2D eigenvalue weighted by Crippen LogP contribution is -2.33. The third-order valence-corrected chi connectivity index (χ3v) is 3.06. The van der Waals surface area contributed by atoms with Crippen LogP contribution in [0.1, 0.15) is 31.9 Å². The highest BCUT2D eigenvalue weighted by Gasteiger charge is 2.22. The van der Waals surface area contributed by atoms with Crippen LogP contribution in [0.25, 0.3) is 0 Å². The average molecular weight is 267 g/mol. The molecule has 4 heteroatoms. The number of benzene rings is 1. The molecule has 0 heterocycles. The quantitative estimate of drug-likeness (QED) is 0.786. The molecule has 0 aliphatic heterocycles. The first kappa shape index (κ1) is 16.0. The van der Waals surface area contributed by atoms with Gasteiger partial charge in [0.2, 0.25) is 0 Å². The minimum Gasteiger partial charge on any atom is -0.497 e. The first-order valence-electron chi connectivity index (χ1n) is 6.66. The monoisotopic (exact) mass is 267 g/mol. The SMILES string of the molecule is CCC(N)C(OC(C)COC)c1cccc(OC)c1. The van der Waals surface area contributed by atoms with Crippen molar-refractivity contribution in [3.8, 4) is 5.75 Å². The Morgan fingerprint density at radius 2 is 2.00 bits per heavy atom. The topological polar surface area (TPSA) is 53.7 Å². The molecule has 1 aromatic rings. The van der Waals surface area contributed by atoms with E-state index in [1.807, 2.05) is 31.2 Å². The number of hydrogen-bond acceptors (Lipinski definition) is 4. The van der Waals surface area contributed by atoms with E-state index in [9.17, 15) is 0 Å². The Morgan fingerprint density at radius 1 is 1.26 bits per heavy atom. The van der Waals surface area contributed by atoms with Crippen molar-refractivity contribution in [2.24, 2.45) is 5.73 Å². The smallest absolute Gasteiger partial charge is 0.119 e. The van der Waals surface area contributed by atoms with Crippen LogP contribution in [0.5, 0.6) is 5.75 Å². The fourth-order valence-electron chi connectivity index (χ4n) is 1.98. The van der Waals surface area contributed by atoms with Gasteiger partial charge in [0.25, 0.3) is 0 Å². The van der Waals surface area contributed by atoms with Gasteiger partial charge in [0.1, 0.15) is 5.75 Å². The highest BCUT2D eigenvalue weighted by Crippen LogP contribution is 2.26. The highest BCUT2D eigenvalue weighted by atomic mass is 16.5. The molecule has 0 saturated carbocycles. The summed E-state index contributed by atoms with van der Waals surface area (Å²) in [6.45, 7) is 4.60. The Kier molecular flexibility index (Phi) is 6.84. The van der Waals surface area contributed by atoms with Crippen LogP contribution in [0, 0.1) is 0 Å². The standard InChI is InChI=1S/C15H25NO3/c1-5-14(16)15(19-11(2)10-17-3)12-7-6-8-13(9-12)18-4/h6-9,11,14-15H,5,10,16H2,1-4H3. The van der Waals surface area contributed by atoms with Gasteiger partial charge in [0, 0.05) is 13.2 Å². The first-order chi connectivity index (χ1) is 9.12. The summed E-state index contributed by atoms with van der Waals surface area (Å²) >= 11 is 0. The van der Waals surface area contributed by atoms with Gasteiger partial charge in [-0.2, -0.15) is 0 Å². The van der Waals surface area contributed by atoms with Gasteiger partial charge in [0.05, 0.1) is 25.9 Å². The van der Waals surface area contributed by atoms with Crippen molar-refractivity contribution < 1.29 is 14.2 Å². The molecule has 4 nitrogen and oxygen atoms in total. The number of rotatable bonds is 8. The molecule has 3 atom stereocenters. The van der Waals surface area contributed by atoms with E-state index in [0.717, 1.165) is 17.7 Å². The maximum Gasteiger partial charge on any atom is 0.119 e. The van der Waals surface area contributed by atoms with Crippen LogP contribution in [-0.2, 0) is 9.47 Å². The normalized spacial score (nSPS) is 15.8. The van der Waals surface area contributed by atoms with Crippen molar-refractivity contribution in [1.82, 2.24) is 0 Å². The van der Waals surface area contributed by atoms with Gasteiger partial charge in [0.15, 0.2) is 0 Å². The van der Waals surface area contributed by atoms with Crippen molar-refractivity contribution in [2.75, 3.05) is 20.8 Å². The predicted octanol–water partition coefficient (Wildman–Crippen LogP) is 2.53. The van der Waals surface area contributed by atoms with Crippen molar-refractivity contribution in [2.45, 2.75) is 38.5 Å². The first-order valence-corrected chi connectivity index (χ1v) is 6.66. The zero-order valence-corrected chi connectivity index (χ0v) is 12.3. The number of methoxy groups -OCH3 is 2. The van der Waals surface area contributed by atoms with Crippen LogP contribution in [0.15, 0.2) is 24.3 Å². The van der Waals surface area contributed by atoms with Gasteiger partial charge in [-0.05, 0) is 31.0 Å². The van der Waals surface area contributed by atoms with Crippen molar-refractivity contribution in [1.29, 1.82) is 0 Å². The van der Waals surface area contributed by atoms with Gasteiger partial charge in [-0.3, -0.25) is 0 Å². The Bertz CT molecular complexity index is 370. The van der Waals surface area contributed by atoms with Crippen LogP contribution in [0.4, 0.5) is 0 Å². The summed E-state index contributed by atoms with van der Waals surface area (Å²) < 4.78 is 16.4. The number of ether oxygens (including phenoxy) is 3. The molecular formula is C15H25NO3. The fourth-order valence-corrected chi connectivity index (χ4v) is 1.98. The van der Waals surface area contributed by atoms with Gasteiger partial charge in [-0.25, -0.2) is 0 Å². The minimum absolute atomic E-state index is 0.00111. The molecule has 1 rings (SSSR count). The van der Waals surface area contributed by atoms with Crippen molar-refractivity contribution in [3.63, 3.8) is 0 Å². The van der Waals surface area contributed by atoms with E-state index in [-0.39, 0.29) is 18.2 Å². The van der Waals surface area contributed by atoms with Crippen LogP contribution >= 0.6 is 0 Å². The molecule has 0 aliphatic rings. The van der Waals surface area contributed by atoms with E-state index in [0.29, 0.717) is 6.61 Å². The average Bonchev–Trinajstić information content (AvgIpc) is 2.44. The summed E-state index contributed by atoms with van der Waals surface area (Å²) in [7, 11) is 3.32. The van der Waals surface area contributed by atoms with Crippen molar-refractivity contribution >= 4 is 0 Å². The third kappa shape index (κ3) is 4.82. The summed E-state index contributed by atoms with van der Waals surface area (Å²) in [6.07, 6.45) is 0.700. The molecule has 0 radical (unpaired) electrons. The van der Waals surface area contributed by atoms with E-state index in [1.54, 1.807) is 14.2 Å². The molecule has 3 unspecified atom stereocenters. The van der Waals surface area contributed by atoms with Gasteiger partial charge < -0.3 is 19.9 Å². The molecule has 0 aliphatic carbocycles. The Balaban J connectivity index is 2.88. The van der Waals surface area contributed by atoms with Crippen molar-refractivity contribution in [3.05, 3.63) is 29.8 Å². The molecule has 0 fully saturated rings. The molecular weight excluding hydrogens is 242 g/mol. The Hall–Kier alpha value is -1.10. The lowest BCUT2D eigenvalue weighted by molar-refractivity contribution is -0.0507. The molecule has 19 heavy (non-hydrogen) atoms. The molecule has 0 saturated heterocycles. The fraction of sp³-hybridized carbons (Fsp3) is 0.600. The molecule has 1 aromatic carbocycles. The van der Waals surface area contributed by atoms with Crippen LogP contribution in [-0.4, -0.2) is 33.0 Å². The number of nitrogens with two attached hydrogens (primary N) is 1. The van der Waals surface area contributed by atoms with E-state index in [2.05, 4.69) is 6.92 Å². The summed E-state index contributed by atoms with van der Waals surface area (Å²) in [6, 6.07) is 7.80. The molecule has 0 aromatic heterocycles. The maximum absolute atomic E-state index is 6.18. The van der Waals surface area contributed by atoms with E-state index < -0.39 is 0 Å². The second-order valence-corrected chi connectivity index (χ2v) is 4.67. The molecule has 0 spiro atoms. The Labute approximate surface area is 115 Å². The third-order valence-electron chi connectivity index (χ3n) is 3.06. The zero-order chi connectivity index (χ0) is 14.3. The maximum atomic E-state index is 6.18. The van der Waals surface area contributed by atoms with E-state index in [4.69, 9.17) is 19.9 Å². The molecule has 0 bridgehead atoms. The van der Waals surface area contributed by atoms with Gasteiger partial charge in [-0.1, -0.05) is 19.1 Å². The van der Waals surface area contributed by atoms with Crippen LogP contribution in [0.2, 0.25) is 0 Å². The summed E-state index contributed by atoms with van der Waals surface area (Å²) in [5, 5.41) is 0. The Morgan fingerprint density at radius 3 is 2.58 bits per heavy atom. The van der Waals surface area contributed by atoms with E-state index >= 15 is 0 Å². The number of hydrogen-bond donors (Lipinski definition) is 1. The van der Waals surface area contributed by atoms with Crippen LogP contribution in [0.3, 0.4) is 0 Å². The summed E-state index contributed by atoms with van der Waals surface area (Å²) in [4.78, 5) is 0. The summed E-state index contributed by atoms with van der Waals surface area (Å²) in [5.74, 6) is 0.814. The second-order valence-electron chi connectivity index (χ2n) is 4.67. The molecule has 0 amide bonds. The van der Waals surface area contributed by atoms with Gasteiger partial charge in [-0.15, -0.1) is 0 Å². The molecule has 108 valence electrons. The second kappa shape index (κ2) is 8.15. The molecule has 2 N–H and O–H groups in total. The predicted molar refractivity (Wildman–Crippen MR) is 76.4 cm³/mol. The lowest BCUT2D eigenvalue weighted by atomic mass is 10.0. The highest BCUT2D eigenvalue weighted by molar-refractivity contribution is 5.30. The summed E-state index contributed by atoms with van der Waals surface area (Å²) in [5.41, 5.74) is 7.22. The van der Waals surface area contributed by atoms with E-state index in [1.165, 1.54) is 0 Å². The van der Waals surface area contributed by atoms with Gasteiger partial charge >= 0.3 is 0 Å². The zero-order valence-electron chi connectivity index (χ0n) is 12.3. The lowest BCUT2D eigenvalue weighted by Gasteiger charge is -2.27. The van der Waals surface area contributed by atoms with Crippen LogP contribution < -0.4 is 10.5 Å². The minimum atomic E-state index is -0.148. The largest absolute Gasteiger partial charge is 0.497 e.